The van der Waals surface area contributed by atoms with Crippen LogP contribution in [0.15, 0.2) is 78.9 Å². The molecule has 2 amide bonds. The predicted octanol–water partition coefficient (Wildman–Crippen LogP) is 4.85. The van der Waals surface area contributed by atoms with Crippen molar-refractivity contribution in [1.29, 1.82) is 0 Å². The van der Waals surface area contributed by atoms with Crippen LogP contribution >= 0.6 is 0 Å². The molecule has 7 heteroatoms. The Morgan fingerprint density at radius 1 is 0.970 bits per heavy atom. The number of likely N-dealkylation sites (N-methyl/N-ethyl adjacent to an activating group) is 1. The molecule has 0 fully saturated rings. The number of hydrogen-bond donors (Lipinski definition) is 2. The molecule has 0 bridgehead atoms. The number of rotatable bonds is 11. The SMILES string of the molecule is CN(C)C(CNC(=O)Nc1cccc(COCCOc2ccccc2)c1)c1ccc(F)cc1. The number of para-hydroxylation sites is 1. The third-order valence-electron chi connectivity index (χ3n) is 5.03. The number of halogens is 1. The normalized spacial score (nSPS) is 11.8. The van der Waals surface area contributed by atoms with Crippen molar-refractivity contribution in [2.75, 3.05) is 39.2 Å². The predicted molar refractivity (Wildman–Crippen MR) is 128 cm³/mol. The van der Waals surface area contributed by atoms with Gasteiger partial charge >= 0.3 is 6.03 Å². The number of ether oxygens (including phenoxy) is 2. The van der Waals surface area contributed by atoms with Gasteiger partial charge in [0.15, 0.2) is 0 Å². The van der Waals surface area contributed by atoms with Crippen molar-refractivity contribution in [2.45, 2.75) is 12.6 Å². The molecule has 3 aromatic rings. The molecule has 0 aliphatic carbocycles. The van der Waals surface area contributed by atoms with Gasteiger partial charge in [-0.2, -0.15) is 0 Å². The third kappa shape index (κ3) is 8.21. The Morgan fingerprint density at radius 2 is 1.73 bits per heavy atom. The largest absolute Gasteiger partial charge is 0.491 e. The lowest BCUT2D eigenvalue weighted by Gasteiger charge is -2.25. The van der Waals surface area contributed by atoms with Gasteiger partial charge in [0.2, 0.25) is 0 Å². The van der Waals surface area contributed by atoms with Crippen molar-refractivity contribution >= 4 is 11.7 Å². The minimum atomic E-state index is -0.307. The maximum atomic E-state index is 13.2. The van der Waals surface area contributed by atoms with Gasteiger partial charge in [-0.3, -0.25) is 0 Å². The van der Waals surface area contributed by atoms with E-state index in [0.29, 0.717) is 32.1 Å². The molecular formula is C26H30FN3O3. The van der Waals surface area contributed by atoms with E-state index in [1.54, 1.807) is 12.1 Å². The number of nitrogens with zero attached hydrogens (tertiary/aromatic N) is 1. The van der Waals surface area contributed by atoms with E-state index < -0.39 is 0 Å². The first-order valence-corrected chi connectivity index (χ1v) is 10.8. The molecule has 33 heavy (non-hydrogen) atoms. The molecule has 3 rings (SSSR count). The van der Waals surface area contributed by atoms with Gasteiger partial charge in [0.1, 0.15) is 18.2 Å². The first-order valence-electron chi connectivity index (χ1n) is 10.8. The second-order valence-electron chi connectivity index (χ2n) is 7.78. The number of amides is 2. The lowest BCUT2D eigenvalue weighted by Crippen LogP contribution is -2.36. The molecule has 1 atom stereocenters. The average Bonchev–Trinajstić information content (AvgIpc) is 2.81. The summed E-state index contributed by atoms with van der Waals surface area (Å²) in [7, 11) is 3.84. The summed E-state index contributed by atoms with van der Waals surface area (Å²) < 4.78 is 24.5. The Labute approximate surface area is 194 Å². The number of hydrogen-bond acceptors (Lipinski definition) is 4. The van der Waals surface area contributed by atoms with Gasteiger partial charge in [-0.1, -0.05) is 42.5 Å². The van der Waals surface area contributed by atoms with Gasteiger partial charge in [-0.05, 0) is 61.6 Å². The Bertz CT molecular complexity index is 997. The summed E-state index contributed by atoms with van der Waals surface area (Å²) in [4.78, 5) is 14.4. The molecule has 0 radical (unpaired) electrons. The van der Waals surface area contributed by atoms with Crippen LogP contribution in [0.3, 0.4) is 0 Å². The minimum absolute atomic E-state index is 0.0748. The van der Waals surface area contributed by atoms with Crippen LogP contribution in [0.5, 0.6) is 5.75 Å². The Kier molecular flexibility index (Phi) is 9.23. The number of urea groups is 1. The van der Waals surface area contributed by atoms with Gasteiger partial charge in [0.05, 0.1) is 19.3 Å². The number of benzene rings is 3. The Hall–Kier alpha value is -3.42. The van der Waals surface area contributed by atoms with E-state index in [1.807, 2.05) is 73.6 Å². The fraction of sp³-hybridized carbons (Fsp3) is 0.269. The molecule has 0 aliphatic rings. The van der Waals surface area contributed by atoms with Crippen molar-refractivity contribution in [3.05, 3.63) is 95.8 Å². The summed E-state index contributed by atoms with van der Waals surface area (Å²) in [5, 5.41) is 5.74. The van der Waals surface area contributed by atoms with Crippen LogP contribution in [0.2, 0.25) is 0 Å². The third-order valence-corrected chi connectivity index (χ3v) is 5.03. The van der Waals surface area contributed by atoms with E-state index in [9.17, 15) is 9.18 Å². The molecule has 0 aromatic heterocycles. The smallest absolute Gasteiger partial charge is 0.319 e. The maximum absolute atomic E-state index is 13.2. The monoisotopic (exact) mass is 451 g/mol. The minimum Gasteiger partial charge on any atom is -0.491 e. The topological polar surface area (TPSA) is 62.8 Å². The highest BCUT2D eigenvalue weighted by Gasteiger charge is 2.15. The molecule has 0 saturated carbocycles. The molecule has 0 aliphatic heterocycles. The highest BCUT2D eigenvalue weighted by Crippen LogP contribution is 2.18. The molecule has 0 saturated heterocycles. The molecule has 0 heterocycles. The van der Waals surface area contributed by atoms with Gasteiger partial charge in [0, 0.05) is 12.2 Å². The van der Waals surface area contributed by atoms with Gasteiger partial charge in [-0.25, -0.2) is 9.18 Å². The maximum Gasteiger partial charge on any atom is 0.319 e. The summed E-state index contributed by atoms with van der Waals surface area (Å²) in [6, 6.07) is 23.0. The molecule has 3 aromatic carbocycles. The summed E-state index contributed by atoms with van der Waals surface area (Å²) in [5.41, 5.74) is 2.56. The number of anilines is 1. The summed E-state index contributed by atoms with van der Waals surface area (Å²) in [6.07, 6.45) is 0. The molecule has 1 unspecified atom stereocenters. The van der Waals surface area contributed by atoms with Crippen molar-refractivity contribution in [3.8, 4) is 5.75 Å². The van der Waals surface area contributed by atoms with Crippen LogP contribution in [-0.4, -0.2) is 44.8 Å². The fourth-order valence-corrected chi connectivity index (χ4v) is 3.31. The first-order chi connectivity index (χ1) is 16.0. The first kappa shape index (κ1) is 24.2. The van der Waals surface area contributed by atoms with E-state index >= 15 is 0 Å². The van der Waals surface area contributed by atoms with Gasteiger partial charge in [0.25, 0.3) is 0 Å². The van der Waals surface area contributed by atoms with Gasteiger partial charge in [-0.15, -0.1) is 0 Å². The molecule has 0 spiro atoms. The van der Waals surface area contributed by atoms with E-state index in [1.165, 1.54) is 12.1 Å². The molecule has 174 valence electrons. The molecule has 6 nitrogen and oxygen atoms in total. The van der Waals surface area contributed by atoms with Crippen LogP contribution in [0, 0.1) is 5.82 Å². The highest BCUT2D eigenvalue weighted by molar-refractivity contribution is 5.89. The standard InChI is InChI=1S/C26H30FN3O3/c1-30(2)25(21-11-13-22(27)14-12-21)18-28-26(31)29-23-8-6-7-20(17-23)19-32-15-16-33-24-9-4-3-5-10-24/h3-14,17,25H,15-16,18-19H2,1-2H3,(H2,28,29,31). The average molecular weight is 452 g/mol. The molecule has 2 N–H and O–H groups in total. The fourth-order valence-electron chi connectivity index (χ4n) is 3.31. The van der Waals surface area contributed by atoms with Gasteiger partial charge < -0.3 is 25.0 Å². The van der Waals surface area contributed by atoms with Crippen molar-refractivity contribution in [3.63, 3.8) is 0 Å². The second-order valence-corrected chi connectivity index (χ2v) is 7.78. The van der Waals surface area contributed by atoms with E-state index in [0.717, 1.165) is 16.9 Å². The summed E-state index contributed by atoms with van der Waals surface area (Å²) >= 11 is 0. The van der Waals surface area contributed by atoms with E-state index in [4.69, 9.17) is 9.47 Å². The van der Waals surface area contributed by atoms with E-state index in [2.05, 4.69) is 10.6 Å². The number of carbonyl (C=O) groups is 1. The van der Waals surface area contributed by atoms with Crippen molar-refractivity contribution in [2.24, 2.45) is 0 Å². The lowest BCUT2D eigenvalue weighted by molar-refractivity contribution is 0.0889. The summed E-state index contributed by atoms with van der Waals surface area (Å²) in [6.45, 7) is 1.73. The number of nitrogens with one attached hydrogen (secondary N) is 2. The molecular weight excluding hydrogens is 421 g/mol. The zero-order valence-corrected chi connectivity index (χ0v) is 19.0. The van der Waals surface area contributed by atoms with Crippen LogP contribution in [0.1, 0.15) is 17.2 Å². The van der Waals surface area contributed by atoms with Crippen LogP contribution in [-0.2, 0) is 11.3 Å². The van der Waals surface area contributed by atoms with Crippen LogP contribution in [0.25, 0.3) is 0 Å². The van der Waals surface area contributed by atoms with Crippen molar-refractivity contribution in [1.82, 2.24) is 10.2 Å². The van der Waals surface area contributed by atoms with Crippen LogP contribution < -0.4 is 15.4 Å². The van der Waals surface area contributed by atoms with Crippen LogP contribution in [0.4, 0.5) is 14.9 Å². The van der Waals surface area contributed by atoms with E-state index in [-0.39, 0.29) is 17.9 Å². The second kappa shape index (κ2) is 12.6. The summed E-state index contributed by atoms with van der Waals surface area (Å²) in [5.74, 6) is 0.531. The Morgan fingerprint density at radius 3 is 2.45 bits per heavy atom. The van der Waals surface area contributed by atoms with Crippen molar-refractivity contribution < 1.29 is 18.7 Å². The zero-order valence-electron chi connectivity index (χ0n) is 19.0. The highest BCUT2D eigenvalue weighted by atomic mass is 19.1. The Balaban J connectivity index is 1.43. The number of carbonyl (C=O) groups excluding carboxylic acids is 1. The zero-order chi connectivity index (χ0) is 23.5. The quantitative estimate of drug-likeness (QED) is 0.409. The lowest BCUT2D eigenvalue weighted by atomic mass is 10.1.